The molecule has 1 aromatic carbocycles. The molecule has 0 fully saturated rings. The second-order valence-electron chi connectivity index (χ2n) is 3.72. The van der Waals surface area contributed by atoms with Gasteiger partial charge in [-0.2, -0.15) is 0 Å². The van der Waals surface area contributed by atoms with E-state index in [1.54, 1.807) is 19.1 Å². The molecule has 3 nitrogen and oxygen atoms in total. The minimum absolute atomic E-state index is 0. The van der Waals surface area contributed by atoms with Crippen LogP contribution in [0.4, 0.5) is 10.1 Å². The van der Waals surface area contributed by atoms with Crippen LogP contribution >= 0.6 is 12.4 Å². The van der Waals surface area contributed by atoms with Crippen LogP contribution in [0.25, 0.3) is 0 Å². The maximum absolute atomic E-state index is 13.0. The summed E-state index contributed by atoms with van der Waals surface area (Å²) in [5, 5.41) is 5.71. The zero-order chi connectivity index (χ0) is 12.0. The molecule has 5 heteroatoms. The van der Waals surface area contributed by atoms with Crippen LogP contribution in [0.3, 0.4) is 0 Å². The summed E-state index contributed by atoms with van der Waals surface area (Å²) in [4.78, 5) is 11.5. The van der Waals surface area contributed by atoms with Crippen LogP contribution < -0.4 is 10.6 Å². The number of hydrogen-bond acceptors (Lipinski definition) is 2. The topological polar surface area (TPSA) is 41.1 Å². The van der Waals surface area contributed by atoms with Crippen molar-refractivity contribution in [1.29, 1.82) is 0 Å². The lowest BCUT2D eigenvalue weighted by Gasteiger charge is -2.06. The third-order valence-corrected chi connectivity index (χ3v) is 2.27. The van der Waals surface area contributed by atoms with Gasteiger partial charge in [0.15, 0.2) is 0 Å². The quantitative estimate of drug-likeness (QED) is 0.799. The second-order valence-corrected chi connectivity index (χ2v) is 3.72. The van der Waals surface area contributed by atoms with Crippen LogP contribution in [0.5, 0.6) is 0 Å². The Balaban J connectivity index is 0.00000256. The molecule has 17 heavy (non-hydrogen) atoms. The molecule has 0 aliphatic rings. The molecule has 0 atom stereocenters. The number of carbonyl (C=O) groups excluding carboxylic acids is 1. The van der Waals surface area contributed by atoms with Gasteiger partial charge in [0, 0.05) is 12.1 Å². The van der Waals surface area contributed by atoms with Crippen molar-refractivity contribution in [2.75, 3.05) is 18.9 Å². The molecule has 0 spiro atoms. The van der Waals surface area contributed by atoms with Crippen molar-refractivity contribution in [3.05, 3.63) is 29.6 Å². The summed E-state index contributed by atoms with van der Waals surface area (Å²) in [7, 11) is 1.85. The van der Waals surface area contributed by atoms with E-state index in [4.69, 9.17) is 0 Å². The van der Waals surface area contributed by atoms with E-state index in [9.17, 15) is 9.18 Å². The molecule has 1 aromatic rings. The van der Waals surface area contributed by atoms with Crippen molar-refractivity contribution < 1.29 is 9.18 Å². The summed E-state index contributed by atoms with van der Waals surface area (Å²) >= 11 is 0. The fourth-order valence-corrected chi connectivity index (χ4v) is 1.37. The van der Waals surface area contributed by atoms with Gasteiger partial charge in [0.2, 0.25) is 5.91 Å². The summed E-state index contributed by atoms with van der Waals surface area (Å²) in [6.07, 6.45) is 1.26. The molecule has 0 aromatic heterocycles. The van der Waals surface area contributed by atoms with Gasteiger partial charge in [-0.1, -0.05) is 0 Å². The van der Waals surface area contributed by atoms with E-state index >= 15 is 0 Å². The number of nitrogens with one attached hydrogen (secondary N) is 2. The lowest BCUT2D eigenvalue weighted by Crippen LogP contribution is -2.15. The Labute approximate surface area is 107 Å². The average molecular weight is 261 g/mol. The van der Waals surface area contributed by atoms with E-state index in [-0.39, 0.29) is 24.1 Å². The highest BCUT2D eigenvalue weighted by Gasteiger charge is 2.03. The number of carbonyl (C=O) groups is 1. The predicted molar refractivity (Wildman–Crippen MR) is 70.2 cm³/mol. The molecular weight excluding hydrogens is 243 g/mol. The van der Waals surface area contributed by atoms with Gasteiger partial charge in [-0.05, 0) is 50.7 Å². The van der Waals surface area contributed by atoms with Crippen LogP contribution in [-0.2, 0) is 4.79 Å². The molecule has 1 amide bonds. The first kappa shape index (κ1) is 15.9. The monoisotopic (exact) mass is 260 g/mol. The van der Waals surface area contributed by atoms with E-state index in [0.29, 0.717) is 17.7 Å². The van der Waals surface area contributed by atoms with Crippen LogP contribution in [0.2, 0.25) is 0 Å². The Kier molecular flexibility index (Phi) is 7.50. The molecule has 0 saturated carbocycles. The number of anilines is 1. The summed E-state index contributed by atoms with van der Waals surface area (Å²) < 4.78 is 13.0. The number of aryl methyl sites for hydroxylation is 1. The van der Waals surface area contributed by atoms with E-state index in [1.165, 1.54) is 6.07 Å². The smallest absolute Gasteiger partial charge is 0.224 e. The van der Waals surface area contributed by atoms with E-state index in [0.717, 1.165) is 13.0 Å². The van der Waals surface area contributed by atoms with Gasteiger partial charge in [-0.15, -0.1) is 12.4 Å². The summed E-state index contributed by atoms with van der Waals surface area (Å²) in [6.45, 7) is 2.49. The normalized spacial score (nSPS) is 9.59. The molecule has 1 rings (SSSR count). The van der Waals surface area contributed by atoms with Crippen LogP contribution in [0.1, 0.15) is 18.4 Å². The Morgan fingerprint density at radius 2 is 2.12 bits per heavy atom. The standard InChI is InChI=1S/C12H17FN2O.ClH/c1-9-8-10(5-6-11(9)13)15-12(16)4-3-7-14-2;/h5-6,8,14H,3-4,7H2,1-2H3,(H,15,16);1H. The summed E-state index contributed by atoms with van der Waals surface area (Å²) in [6, 6.07) is 4.56. The maximum atomic E-state index is 13.0. The fourth-order valence-electron chi connectivity index (χ4n) is 1.37. The SMILES string of the molecule is CNCCCC(=O)Nc1ccc(F)c(C)c1.Cl. The molecule has 0 saturated heterocycles. The molecule has 0 bridgehead atoms. The Morgan fingerprint density at radius 1 is 1.41 bits per heavy atom. The number of amides is 1. The minimum Gasteiger partial charge on any atom is -0.326 e. The molecule has 2 N–H and O–H groups in total. The molecule has 0 aliphatic heterocycles. The van der Waals surface area contributed by atoms with Crippen molar-refractivity contribution in [3.8, 4) is 0 Å². The lowest BCUT2D eigenvalue weighted by atomic mass is 10.2. The first-order chi connectivity index (χ1) is 7.63. The summed E-state index contributed by atoms with van der Waals surface area (Å²) in [5.74, 6) is -0.297. The van der Waals surface area contributed by atoms with Crippen molar-refractivity contribution >= 4 is 24.0 Å². The van der Waals surface area contributed by atoms with Crippen LogP contribution in [-0.4, -0.2) is 19.5 Å². The number of halogens is 2. The highest BCUT2D eigenvalue weighted by Crippen LogP contribution is 2.13. The van der Waals surface area contributed by atoms with Gasteiger partial charge in [0.1, 0.15) is 5.82 Å². The summed E-state index contributed by atoms with van der Waals surface area (Å²) in [5.41, 5.74) is 1.18. The molecule has 0 unspecified atom stereocenters. The van der Waals surface area contributed by atoms with Crippen molar-refractivity contribution in [3.63, 3.8) is 0 Å². The minimum atomic E-state index is -0.256. The van der Waals surface area contributed by atoms with Gasteiger partial charge < -0.3 is 10.6 Å². The fraction of sp³-hybridized carbons (Fsp3) is 0.417. The van der Waals surface area contributed by atoms with E-state index in [2.05, 4.69) is 10.6 Å². The van der Waals surface area contributed by atoms with Gasteiger partial charge in [0.25, 0.3) is 0 Å². The highest BCUT2D eigenvalue weighted by atomic mass is 35.5. The number of hydrogen-bond donors (Lipinski definition) is 2. The molecule has 0 radical (unpaired) electrons. The predicted octanol–water partition coefficient (Wildman–Crippen LogP) is 2.49. The third kappa shape index (κ3) is 5.65. The molecule has 0 heterocycles. The average Bonchev–Trinajstić information content (AvgIpc) is 2.24. The van der Waals surface area contributed by atoms with Crippen LogP contribution in [0.15, 0.2) is 18.2 Å². The third-order valence-electron chi connectivity index (χ3n) is 2.27. The van der Waals surface area contributed by atoms with Crippen molar-refractivity contribution in [1.82, 2.24) is 5.32 Å². The first-order valence-electron chi connectivity index (χ1n) is 5.34. The lowest BCUT2D eigenvalue weighted by molar-refractivity contribution is -0.116. The Hall–Kier alpha value is -1.13. The number of benzene rings is 1. The van der Waals surface area contributed by atoms with E-state index < -0.39 is 0 Å². The van der Waals surface area contributed by atoms with Gasteiger partial charge in [0.05, 0.1) is 0 Å². The highest BCUT2D eigenvalue weighted by molar-refractivity contribution is 5.90. The zero-order valence-electron chi connectivity index (χ0n) is 10.0. The molecule has 0 aliphatic carbocycles. The maximum Gasteiger partial charge on any atom is 0.224 e. The first-order valence-corrected chi connectivity index (χ1v) is 5.34. The van der Waals surface area contributed by atoms with E-state index in [1.807, 2.05) is 7.05 Å². The van der Waals surface area contributed by atoms with Crippen LogP contribution in [0, 0.1) is 12.7 Å². The van der Waals surface area contributed by atoms with Gasteiger partial charge in [-0.3, -0.25) is 4.79 Å². The molecular formula is C12H18ClFN2O. The zero-order valence-corrected chi connectivity index (χ0v) is 10.9. The van der Waals surface area contributed by atoms with Crippen molar-refractivity contribution in [2.24, 2.45) is 0 Å². The van der Waals surface area contributed by atoms with Gasteiger partial charge in [-0.25, -0.2) is 4.39 Å². The molecule has 96 valence electrons. The Morgan fingerprint density at radius 3 is 2.71 bits per heavy atom. The van der Waals surface area contributed by atoms with Crippen molar-refractivity contribution in [2.45, 2.75) is 19.8 Å². The Bertz CT molecular complexity index is 372. The second kappa shape index (κ2) is 8.03. The van der Waals surface area contributed by atoms with Gasteiger partial charge >= 0.3 is 0 Å². The number of rotatable bonds is 5. The largest absolute Gasteiger partial charge is 0.326 e.